The molecule has 4 aliphatic heterocycles. The van der Waals surface area contributed by atoms with Crippen LogP contribution >= 0.6 is 0 Å². The molecule has 0 spiro atoms. The summed E-state index contributed by atoms with van der Waals surface area (Å²) in [4.78, 5) is 5.43. The quantitative estimate of drug-likeness (QED) is 0.316. The van der Waals surface area contributed by atoms with E-state index < -0.39 is 0 Å². The van der Waals surface area contributed by atoms with Crippen molar-refractivity contribution >= 4 is 0 Å². The number of hydrogen-bond acceptors (Lipinski definition) is 6. The summed E-state index contributed by atoms with van der Waals surface area (Å²) in [5, 5.41) is 0. The van der Waals surface area contributed by atoms with Crippen molar-refractivity contribution in [3.05, 3.63) is 0 Å². The highest BCUT2D eigenvalue weighted by molar-refractivity contribution is 4.98. The van der Waals surface area contributed by atoms with Crippen LogP contribution in [-0.2, 0) is 18.9 Å². The third-order valence-corrected chi connectivity index (χ3v) is 9.58. The number of hydrogen-bond donors (Lipinski definition) is 0. The van der Waals surface area contributed by atoms with E-state index in [0.717, 1.165) is 88.1 Å². The van der Waals surface area contributed by atoms with Crippen LogP contribution in [0.4, 0.5) is 0 Å². The molecule has 196 valence electrons. The van der Waals surface area contributed by atoms with E-state index in [1.165, 1.54) is 38.8 Å². The van der Waals surface area contributed by atoms with Crippen molar-refractivity contribution in [3.8, 4) is 0 Å². The molecule has 0 aromatic rings. The molecule has 8 unspecified atom stereocenters. The lowest BCUT2D eigenvalue weighted by Crippen LogP contribution is -2.53. The van der Waals surface area contributed by atoms with Gasteiger partial charge in [0.1, 0.15) is 0 Å². The summed E-state index contributed by atoms with van der Waals surface area (Å²) in [5.41, 5.74) is 0. The molecule has 8 atom stereocenters. The number of ether oxygens (including phenoxy) is 4. The normalized spacial score (nSPS) is 42.9. The predicted molar refractivity (Wildman–Crippen MR) is 134 cm³/mol. The van der Waals surface area contributed by atoms with Gasteiger partial charge in [-0.15, -0.1) is 0 Å². The Balaban J connectivity index is 1.33. The van der Waals surface area contributed by atoms with E-state index in [1.807, 2.05) is 0 Å². The summed E-state index contributed by atoms with van der Waals surface area (Å²) in [7, 11) is 0. The second-order valence-electron chi connectivity index (χ2n) is 11.9. The molecule has 0 bridgehead atoms. The topological polar surface area (TPSA) is 56.6 Å². The van der Waals surface area contributed by atoms with Crippen molar-refractivity contribution in [1.29, 1.82) is 0 Å². The van der Waals surface area contributed by atoms with Gasteiger partial charge in [-0.1, -0.05) is 53.4 Å². The zero-order chi connectivity index (χ0) is 23.7. The predicted octanol–water partition coefficient (Wildman–Crippen LogP) is 3.54. The lowest BCUT2D eigenvalue weighted by atomic mass is 9.54. The average Bonchev–Trinajstić information content (AvgIpc) is 3.64. The van der Waals surface area contributed by atoms with Crippen LogP contribution in [0.25, 0.3) is 0 Å². The minimum absolute atomic E-state index is 0.460. The molecule has 4 heterocycles. The zero-order valence-electron chi connectivity index (χ0n) is 22.2. The van der Waals surface area contributed by atoms with E-state index in [4.69, 9.17) is 18.9 Å². The highest BCUT2D eigenvalue weighted by atomic mass is 16.6. The van der Waals surface area contributed by atoms with Gasteiger partial charge < -0.3 is 18.9 Å². The van der Waals surface area contributed by atoms with E-state index in [-0.39, 0.29) is 0 Å². The van der Waals surface area contributed by atoms with Gasteiger partial charge in [-0.05, 0) is 35.5 Å². The maximum absolute atomic E-state index is 5.65. The molecule has 1 saturated carbocycles. The van der Waals surface area contributed by atoms with Gasteiger partial charge in [-0.25, -0.2) is 0 Å². The van der Waals surface area contributed by atoms with Crippen molar-refractivity contribution in [2.75, 3.05) is 65.7 Å². The maximum atomic E-state index is 5.65. The van der Waals surface area contributed by atoms with Crippen LogP contribution in [-0.4, -0.2) is 99.9 Å². The first-order valence-electron chi connectivity index (χ1n) is 14.5. The Bertz CT molecular complexity index is 532. The van der Waals surface area contributed by atoms with E-state index in [1.54, 1.807) is 0 Å². The second-order valence-corrected chi connectivity index (χ2v) is 11.9. The van der Waals surface area contributed by atoms with Crippen molar-refractivity contribution in [1.82, 2.24) is 9.80 Å². The minimum atomic E-state index is 0.460. The summed E-state index contributed by atoms with van der Waals surface area (Å²) in [5.74, 6) is 4.79. The minimum Gasteiger partial charge on any atom is -0.372 e. The molecular weight excluding hydrogens is 428 g/mol. The largest absolute Gasteiger partial charge is 0.372 e. The second kappa shape index (κ2) is 11.4. The van der Waals surface area contributed by atoms with Crippen LogP contribution in [0, 0.1) is 35.5 Å². The molecule has 5 rings (SSSR count). The molecule has 34 heavy (non-hydrogen) atoms. The van der Waals surface area contributed by atoms with E-state index in [2.05, 4.69) is 37.5 Å². The Hall–Kier alpha value is -0.240. The van der Waals surface area contributed by atoms with Gasteiger partial charge >= 0.3 is 0 Å². The summed E-state index contributed by atoms with van der Waals surface area (Å²) in [6, 6.07) is 0. The summed E-state index contributed by atoms with van der Waals surface area (Å²) in [6.07, 6.45) is 7.05. The molecule has 5 aliphatic rings. The monoisotopic (exact) mass is 478 g/mol. The Labute approximate surface area is 208 Å². The van der Waals surface area contributed by atoms with Crippen LogP contribution in [0.15, 0.2) is 0 Å². The molecular formula is C28H50N2O4. The first-order chi connectivity index (χ1) is 16.6. The van der Waals surface area contributed by atoms with Gasteiger partial charge in [0.15, 0.2) is 0 Å². The fourth-order valence-corrected chi connectivity index (χ4v) is 7.76. The smallest absolute Gasteiger partial charge is 0.0936 e. The molecule has 6 heteroatoms. The van der Waals surface area contributed by atoms with Gasteiger partial charge in [0.05, 0.1) is 50.8 Å². The van der Waals surface area contributed by atoms with Crippen LogP contribution in [0.1, 0.15) is 53.4 Å². The number of epoxide rings is 4. The molecule has 1 aliphatic carbocycles. The lowest BCUT2D eigenvalue weighted by Gasteiger charge is -2.54. The summed E-state index contributed by atoms with van der Waals surface area (Å²) < 4.78 is 22.6. The molecule has 6 nitrogen and oxygen atoms in total. The fraction of sp³-hybridized carbons (Fsp3) is 1.00. The lowest BCUT2D eigenvalue weighted by molar-refractivity contribution is -0.0555. The summed E-state index contributed by atoms with van der Waals surface area (Å²) in [6.45, 7) is 20.5. The number of nitrogens with zero attached hydrogens (tertiary/aromatic N) is 2. The molecule has 0 amide bonds. The Morgan fingerprint density at radius 1 is 0.412 bits per heavy atom. The van der Waals surface area contributed by atoms with Crippen LogP contribution in [0.5, 0.6) is 0 Å². The van der Waals surface area contributed by atoms with Gasteiger partial charge in [0, 0.05) is 39.3 Å². The average molecular weight is 479 g/mol. The molecule has 0 aromatic heterocycles. The van der Waals surface area contributed by atoms with E-state index in [0.29, 0.717) is 24.4 Å². The molecule has 5 fully saturated rings. The van der Waals surface area contributed by atoms with Gasteiger partial charge in [-0.3, -0.25) is 9.80 Å². The van der Waals surface area contributed by atoms with Crippen LogP contribution in [0.3, 0.4) is 0 Å². The first-order valence-corrected chi connectivity index (χ1v) is 14.5. The Morgan fingerprint density at radius 3 is 0.824 bits per heavy atom. The highest BCUT2D eigenvalue weighted by Crippen LogP contribution is 2.51. The van der Waals surface area contributed by atoms with Crippen molar-refractivity contribution < 1.29 is 18.9 Å². The van der Waals surface area contributed by atoms with Crippen molar-refractivity contribution in [2.45, 2.75) is 77.8 Å². The summed E-state index contributed by atoms with van der Waals surface area (Å²) >= 11 is 0. The Kier molecular flexibility index (Phi) is 8.55. The maximum Gasteiger partial charge on any atom is 0.0936 e. The van der Waals surface area contributed by atoms with Gasteiger partial charge in [0.25, 0.3) is 0 Å². The third kappa shape index (κ3) is 6.54. The van der Waals surface area contributed by atoms with Crippen molar-refractivity contribution in [3.63, 3.8) is 0 Å². The molecule has 4 saturated heterocycles. The molecule has 0 radical (unpaired) electrons. The first kappa shape index (κ1) is 25.4. The van der Waals surface area contributed by atoms with Gasteiger partial charge in [-0.2, -0.15) is 0 Å². The van der Waals surface area contributed by atoms with E-state index >= 15 is 0 Å². The molecule has 0 aromatic carbocycles. The van der Waals surface area contributed by atoms with Gasteiger partial charge in [0.2, 0.25) is 0 Å². The zero-order valence-corrected chi connectivity index (χ0v) is 22.2. The van der Waals surface area contributed by atoms with Crippen LogP contribution < -0.4 is 0 Å². The van der Waals surface area contributed by atoms with Crippen molar-refractivity contribution in [2.24, 2.45) is 35.5 Å². The van der Waals surface area contributed by atoms with E-state index in [9.17, 15) is 0 Å². The SMILES string of the molecule is CCC1C(CC)C(CN(CC2CO2)CC2CO2)C(CC)C(CC)C1CN(CC1CO1)CC1CO1. The van der Waals surface area contributed by atoms with Crippen LogP contribution in [0.2, 0.25) is 0 Å². The third-order valence-electron chi connectivity index (χ3n) is 9.58. The Morgan fingerprint density at radius 2 is 0.647 bits per heavy atom. The standard InChI is InChI=1S/C28H50N2O4/c1-5-23-24(6-2)28(14-30(11-21-17-33-21)12-22-18-34-22)26(8-4)25(7-3)27(23)13-29(9-19-15-31-19)10-20-16-32-20/h19-28H,5-18H2,1-4H3. The number of rotatable bonds is 16. The fourth-order valence-electron chi connectivity index (χ4n) is 7.76. The highest BCUT2D eigenvalue weighted by Gasteiger charge is 2.49. The molecule has 0 N–H and O–H groups in total.